The molecule has 2 atom stereocenters. The van der Waals surface area contributed by atoms with Gasteiger partial charge in [-0.05, 0) is 31.0 Å². The Bertz CT molecular complexity index is 840. The number of aromatic hydroxyl groups is 1. The number of carbonyl (C=O) groups is 1. The molecule has 23 heavy (non-hydrogen) atoms. The highest BCUT2D eigenvalue weighted by Gasteiger charge is 2.36. The van der Waals surface area contributed by atoms with Crippen LogP contribution in [0.2, 0.25) is 0 Å². The zero-order valence-corrected chi connectivity index (χ0v) is 12.7. The van der Waals surface area contributed by atoms with Crippen molar-refractivity contribution in [1.82, 2.24) is 4.57 Å². The lowest BCUT2D eigenvalue weighted by Gasteiger charge is -2.25. The molecule has 118 valence electrons. The van der Waals surface area contributed by atoms with Crippen molar-refractivity contribution in [3.63, 3.8) is 0 Å². The average molecular weight is 310 g/mol. The van der Waals surface area contributed by atoms with Crippen LogP contribution in [-0.4, -0.2) is 21.5 Å². The number of benzene rings is 1. The molecule has 0 spiro atoms. The third-order valence-corrected chi connectivity index (χ3v) is 4.86. The van der Waals surface area contributed by atoms with E-state index >= 15 is 0 Å². The number of nitrogens with zero attached hydrogens (tertiary/aromatic N) is 1. The van der Waals surface area contributed by atoms with E-state index in [0.717, 1.165) is 25.7 Å². The summed E-state index contributed by atoms with van der Waals surface area (Å²) in [6.45, 7) is 0. The fourth-order valence-corrected chi connectivity index (χ4v) is 3.78. The van der Waals surface area contributed by atoms with Crippen molar-refractivity contribution in [2.45, 2.75) is 37.8 Å². The molecule has 2 aliphatic rings. The van der Waals surface area contributed by atoms with Crippen LogP contribution < -0.4 is 10.9 Å². The van der Waals surface area contributed by atoms with Crippen LogP contribution >= 0.6 is 0 Å². The second kappa shape index (κ2) is 5.26. The lowest BCUT2D eigenvalue weighted by molar-refractivity contribution is 0.103. The number of fused-ring (bicyclic) bond motifs is 3. The van der Waals surface area contributed by atoms with Gasteiger partial charge in [0.1, 0.15) is 11.6 Å². The fraction of sp³-hybridized carbons (Fsp3) is 0.333. The number of anilines is 1. The summed E-state index contributed by atoms with van der Waals surface area (Å²) >= 11 is 0. The van der Waals surface area contributed by atoms with Crippen molar-refractivity contribution in [3.05, 3.63) is 57.9 Å². The van der Waals surface area contributed by atoms with Crippen molar-refractivity contribution in [2.75, 3.05) is 5.32 Å². The van der Waals surface area contributed by atoms with Crippen LogP contribution in [0.15, 0.2) is 41.2 Å². The van der Waals surface area contributed by atoms with Gasteiger partial charge in [0.2, 0.25) is 0 Å². The Hall–Kier alpha value is -2.56. The number of aromatic nitrogens is 1. The Kier molecular flexibility index (Phi) is 3.22. The first kappa shape index (κ1) is 14.1. The molecular formula is C18H18N2O3. The normalized spacial score (nSPS) is 22.1. The molecule has 2 heterocycles. The van der Waals surface area contributed by atoms with Gasteiger partial charge in [-0.15, -0.1) is 0 Å². The highest BCUT2D eigenvalue weighted by molar-refractivity contribution is 6.12. The van der Waals surface area contributed by atoms with E-state index in [1.807, 2.05) is 0 Å². The van der Waals surface area contributed by atoms with Gasteiger partial charge in [-0.1, -0.05) is 25.0 Å². The van der Waals surface area contributed by atoms with Gasteiger partial charge < -0.3 is 10.4 Å². The summed E-state index contributed by atoms with van der Waals surface area (Å²) in [6.07, 6.45) is 4.24. The Morgan fingerprint density at radius 2 is 2.00 bits per heavy atom. The van der Waals surface area contributed by atoms with Gasteiger partial charge >= 0.3 is 0 Å². The van der Waals surface area contributed by atoms with Gasteiger partial charge in [0.15, 0.2) is 5.78 Å². The highest BCUT2D eigenvalue weighted by Crippen LogP contribution is 2.38. The first-order chi connectivity index (χ1) is 11.1. The van der Waals surface area contributed by atoms with E-state index in [9.17, 15) is 14.7 Å². The third kappa shape index (κ3) is 2.23. The molecule has 0 saturated heterocycles. The molecule has 5 heteroatoms. The molecule has 1 fully saturated rings. The first-order valence-electron chi connectivity index (χ1n) is 8.01. The molecule has 1 aliphatic carbocycles. The maximum absolute atomic E-state index is 12.8. The lowest BCUT2D eigenvalue weighted by Crippen LogP contribution is -2.29. The maximum Gasteiger partial charge on any atom is 0.252 e. The predicted octanol–water partition coefficient (Wildman–Crippen LogP) is 2.69. The fourth-order valence-electron chi connectivity index (χ4n) is 3.78. The van der Waals surface area contributed by atoms with E-state index in [0.29, 0.717) is 16.9 Å². The standard InChI is InChI=1S/C18H18N2O3/c21-12-5-3-4-11(10-12)17(23)13-8-9-16(22)20-15-7-2-1-6-14(15)19-18(13)20/h3-5,8-10,14-15,19,21H,1-2,6-7H2/t14-,15?/m1/s1. The molecule has 2 N–H and O–H groups in total. The van der Waals surface area contributed by atoms with Gasteiger partial charge in [0.25, 0.3) is 5.56 Å². The van der Waals surface area contributed by atoms with Crippen molar-refractivity contribution >= 4 is 11.6 Å². The summed E-state index contributed by atoms with van der Waals surface area (Å²) in [5, 5.41) is 13.0. The molecule has 1 aromatic carbocycles. The number of pyridine rings is 1. The summed E-state index contributed by atoms with van der Waals surface area (Å²) in [6, 6.07) is 9.73. The zero-order valence-electron chi connectivity index (χ0n) is 12.7. The van der Waals surface area contributed by atoms with Crippen LogP contribution in [0.4, 0.5) is 5.82 Å². The molecule has 1 saturated carbocycles. The molecule has 5 nitrogen and oxygen atoms in total. The van der Waals surface area contributed by atoms with Gasteiger partial charge in [-0.2, -0.15) is 0 Å². The molecule has 1 unspecified atom stereocenters. The molecular weight excluding hydrogens is 292 g/mol. The van der Waals surface area contributed by atoms with Crippen LogP contribution in [0, 0.1) is 0 Å². The minimum atomic E-state index is -0.184. The second-order valence-corrected chi connectivity index (χ2v) is 6.29. The van der Waals surface area contributed by atoms with Gasteiger partial charge in [0, 0.05) is 17.7 Å². The van der Waals surface area contributed by atoms with E-state index < -0.39 is 0 Å². The Labute approximate surface area is 133 Å². The number of hydrogen-bond acceptors (Lipinski definition) is 4. The number of rotatable bonds is 2. The molecule has 4 rings (SSSR count). The molecule has 1 aliphatic heterocycles. The SMILES string of the molecule is O=C(c1cccc(O)c1)c1ccc(=O)n2c1N[C@@H]1CCCCC12. The molecule has 0 bridgehead atoms. The highest BCUT2D eigenvalue weighted by atomic mass is 16.3. The third-order valence-electron chi connectivity index (χ3n) is 4.86. The van der Waals surface area contributed by atoms with Crippen LogP contribution in [0.25, 0.3) is 0 Å². The van der Waals surface area contributed by atoms with Crippen LogP contribution in [0.3, 0.4) is 0 Å². The number of ketones is 1. The molecule has 1 aromatic heterocycles. The summed E-state index contributed by atoms with van der Waals surface area (Å²) in [4.78, 5) is 25.1. The topological polar surface area (TPSA) is 71.3 Å². The summed E-state index contributed by atoms with van der Waals surface area (Å²) in [5.74, 6) is 0.501. The Morgan fingerprint density at radius 1 is 1.17 bits per heavy atom. The predicted molar refractivity (Wildman–Crippen MR) is 87.2 cm³/mol. The van der Waals surface area contributed by atoms with Crippen LogP contribution in [0.1, 0.15) is 47.6 Å². The van der Waals surface area contributed by atoms with Crippen LogP contribution in [0.5, 0.6) is 5.75 Å². The van der Waals surface area contributed by atoms with Gasteiger partial charge in [0.05, 0.1) is 11.6 Å². The van der Waals surface area contributed by atoms with Crippen molar-refractivity contribution < 1.29 is 9.90 Å². The van der Waals surface area contributed by atoms with E-state index in [-0.39, 0.29) is 29.2 Å². The van der Waals surface area contributed by atoms with Gasteiger partial charge in [-0.3, -0.25) is 14.2 Å². The maximum atomic E-state index is 12.8. The van der Waals surface area contributed by atoms with E-state index in [2.05, 4.69) is 5.32 Å². The minimum Gasteiger partial charge on any atom is -0.508 e. The summed E-state index contributed by atoms with van der Waals surface area (Å²) in [7, 11) is 0. The molecule has 2 aromatic rings. The summed E-state index contributed by atoms with van der Waals surface area (Å²) < 4.78 is 1.75. The number of hydrogen-bond donors (Lipinski definition) is 2. The smallest absolute Gasteiger partial charge is 0.252 e. The average Bonchev–Trinajstić information content (AvgIpc) is 2.95. The lowest BCUT2D eigenvalue weighted by atomic mass is 9.91. The monoisotopic (exact) mass is 310 g/mol. The van der Waals surface area contributed by atoms with E-state index in [1.54, 1.807) is 22.8 Å². The number of phenols is 1. The zero-order chi connectivity index (χ0) is 16.0. The Morgan fingerprint density at radius 3 is 2.83 bits per heavy atom. The van der Waals surface area contributed by atoms with Gasteiger partial charge in [-0.25, -0.2) is 0 Å². The largest absolute Gasteiger partial charge is 0.508 e. The quantitative estimate of drug-likeness (QED) is 0.837. The summed E-state index contributed by atoms with van der Waals surface area (Å²) in [5.41, 5.74) is 0.849. The number of phenolic OH excluding ortho intramolecular Hbond substituents is 1. The van der Waals surface area contributed by atoms with Crippen LogP contribution in [-0.2, 0) is 0 Å². The Balaban J connectivity index is 1.81. The van der Waals surface area contributed by atoms with E-state index in [4.69, 9.17) is 0 Å². The molecule has 0 radical (unpaired) electrons. The molecule has 0 amide bonds. The number of nitrogens with one attached hydrogen (secondary N) is 1. The number of carbonyl (C=O) groups excluding carboxylic acids is 1. The van der Waals surface area contributed by atoms with E-state index in [1.165, 1.54) is 18.2 Å². The van der Waals surface area contributed by atoms with Crippen molar-refractivity contribution in [2.24, 2.45) is 0 Å². The second-order valence-electron chi connectivity index (χ2n) is 6.29. The van der Waals surface area contributed by atoms with Crippen molar-refractivity contribution in [1.29, 1.82) is 0 Å². The van der Waals surface area contributed by atoms with Crippen molar-refractivity contribution in [3.8, 4) is 5.75 Å². The first-order valence-corrected chi connectivity index (χ1v) is 8.01. The minimum absolute atomic E-state index is 0.0576.